The van der Waals surface area contributed by atoms with E-state index < -0.39 is 22.7 Å². The molecule has 1 amide bonds. The first kappa shape index (κ1) is 21.4. The maximum Gasteiger partial charge on any atom is 0.341 e. The summed E-state index contributed by atoms with van der Waals surface area (Å²) in [5, 5.41) is 14.7. The van der Waals surface area contributed by atoms with E-state index in [9.17, 15) is 18.4 Å². The highest BCUT2D eigenvalue weighted by Crippen LogP contribution is 2.67. The van der Waals surface area contributed by atoms with E-state index in [1.54, 1.807) is 11.0 Å². The van der Waals surface area contributed by atoms with Gasteiger partial charge < -0.3 is 4.90 Å². The molecule has 0 aliphatic heterocycles. The molecule has 2 atom stereocenters. The molecule has 0 unspecified atom stereocenters. The lowest BCUT2D eigenvalue weighted by molar-refractivity contribution is 0.0641. The number of fused-ring (bicyclic) bond motifs is 5. The lowest BCUT2D eigenvalue weighted by Gasteiger charge is -2.41. The number of carbonyl (C=O) groups excluding carboxylic acids is 1. The van der Waals surface area contributed by atoms with Gasteiger partial charge in [-0.1, -0.05) is 19.9 Å². The Labute approximate surface area is 188 Å². The Hall–Kier alpha value is -3.43. The highest BCUT2D eigenvalue weighted by Gasteiger charge is 2.64. The van der Waals surface area contributed by atoms with Gasteiger partial charge in [-0.15, -0.1) is 5.10 Å². The zero-order valence-corrected chi connectivity index (χ0v) is 18.6. The van der Waals surface area contributed by atoms with Crippen LogP contribution in [0.2, 0.25) is 0 Å². The first-order chi connectivity index (χ1) is 15.7. The number of hydrogen-bond acceptors (Lipinski definition) is 5. The van der Waals surface area contributed by atoms with Gasteiger partial charge in [-0.25, -0.2) is 18.7 Å². The molecule has 2 N–H and O–H groups in total. The monoisotopic (exact) mass is 454 g/mol. The molecule has 3 aromatic rings. The molecule has 2 aliphatic rings. The Morgan fingerprint density at radius 1 is 1.24 bits per heavy atom. The number of likely N-dealkylation sites (N-methyl/N-ethyl adjacent to an activating group) is 1. The summed E-state index contributed by atoms with van der Waals surface area (Å²) in [5.41, 5.74) is 0.397. The molecule has 1 fully saturated rings. The van der Waals surface area contributed by atoms with Crippen LogP contribution in [0.1, 0.15) is 61.4 Å². The number of H-pyrrole nitrogens is 2. The second-order valence-electron chi connectivity index (χ2n) is 9.37. The Morgan fingerprint density at radius 2 is 1.97 bits per heavy atom. The van der Waals surface area contributed by atoms with Crippen LogP contribution in [0.3, 0.4) is 0 Å². The van der Waals surface area contributed by atoms with E-state index in [1.807, 2.05) is 6.92 Å². The van der Waals surface area contributed by atoms with Crippen molar-refractivity contribution in [2.45, 2.75) is 44.9 Å². The molecule has 172 valence electrons. The van der Waals surface area contributed by atoms with E-state index in [0.29, 0.717) is 13.1 Å². The first-order valence-electron chi connectivity index (χ1n) is 11.0. The number of benzene rings is 1. The summed E-state index contributed by atoms with van der Waals surface area (Å²) in [6.07, 6.45) is 1.68. The summed E-state index contributed by atoms with van der Waals surface area (Å²) in [6, 6.07) is 5.47. The fourth-order valence-electron chi connectivity index (χ4n) is 5.82. The minimum absolute atomic E-state index is 0.0414. The van der Waals surface area contributed by atoms with E-state index in [-0.39, 0.29) is 34.3 Å². The van der Waals surface area contributed by atoms with Gasteiger partial charge in [-0.3, -0.25) is 9.78 Å². The number of aromatic amines is 2. The number of nitrogens with zero attached hydrogens (tertiary/aromatic N) is 4. The van der Waals surface area contributed by atoms with E-state index in [2.05, 4.69) is 39.2 Å². The molecule has 1 saturated carbocycles. The van der Waals surface area contributed by atoms with Crippen LogP contribution in [0.5, 0.6) is 0 Å². The summed E-state index contributed by atoms with van der Waals surface area (Å²) in [4.78, 5) is 28.5. The van der Waals surface area contributed by atoms with Crippen molar-refractivity contribution in [2.75, 3.05) is 13.1 Å². The lowest BCUT2D eigenvalue weighted by Crippen LogP contribution is -2.48. The number of aromatic nitrogens is 5. The van der Waals surface area contributed by atoms with E-state index >= 15 is 0 Å². The average Bonchev–Trinajstić information content (AvgIpc) is 3.37. The lowest BCUT2D eigenvalue weighted by atomic mass is 9.68. The summed E-state index contributed by atoms with van der Waals surface area (Å²) in [5.74, 6) is -1.67. The third kappa shape index (κ3) is 2.96. The standard InChI is InChI=1S/C23H24F2N6O2/c1-4-31(20(32)19-26-21(33)30-29-19)11-23-9-8-13(22(23,2)3)12-10-16(27-28-18(12)23)17-14(24)6-5-7-15(17)25/h5-7,10,13H,4,8-9,11H2,1-3H3,(H2,26,29,30,33)/t13-,23-/m0/s1. The van der Waals surface area contributed by atoms with Gasteiger partial charge in [-0.05, 0) is 54.9 Å². The topological polar surface area (TPSA) is 108 Å². The zero-order valence-electron chi connectivity index (χ0n) is 18.6. The normalized spacial score (nSPS) is 22.4. The van der Waals surface area contributed by atoms with Crippen LogP contribution in [0, 0.1) is 17.0 Å². The van der Waals surface area contributed by atoms with Crippen molar-refractivity contribution >= 4 is 5.91 Å². The summed E-state index contributed by atoms with van der Waals surface area (Å²) >= 11 is 0. The zero-order chi connectivity index (χ0) is 23.5. The maximum atomic E-state index is 14.4. The molecular weight excluding hydrogens is 430 g/mol. The molecule has 8 nitrogen and oxygen atoms in total. The van der Waals surface area contributed by atoms with Gasteiger partial charge in [0.1, 0.15) is 11.6 Å². The number of carbonyl (C=O) groups is 1. The SMILES string of the molecule is CCN(C[C@@]12CC[C@@H](c3cc(-c4c(F)cccc4F)nnc31)C2(C)C)C(=O)c1n[nH]c(=O)[nH]1. The van der Waals surface area contributed by atoms with E-state index in [0.717, 1.165) is 24.1 Å². The largest absolute Gasteiger partial charge is 0.341 e. The maximum absolute atomic E-state index is 14.4. The van der Waals surface area contributed by atoms with Crippen LogP contribution >= 0.6 is 0 Å². The van der Waals surface area contributed by atoms with Crippen LogP contribution in [-0.2, 0) is 5.41 Å². The van der Waals surface area contributed by atoms with Crippen LogP contribution < -0.4 is 5.69 Å². The van der Waals surface area contributed by atoms with Gasteiger partial charge in [0.25, 0.3) is 5.91 Å². The van der Waals surface area contributed by atoms with Crippen LogP contribution in [0.4, 0.5) is 8.78 Å². The minimum atomic E-state index is -0.683. The number of hydrogen-bond donors (Lipinski definition) is 2. The quantitative estimate of drug-likeness (QED) is 0.616. The molecular formula is C23H24F2N6O2. The average molecular weight is 454 g/mol. The molecule has 2 aliphatic carbocycles. The van der Waals surface area contributed by atoms with E-state index in [1.165, 1.54) is 18.2 Å². The molecule has 2 aromatic heterocycles. The molecule has 2 bridgehead atoms. The summed E-state index contributed by atoms with van der Waals surface area (Å²) in [7, 11) is 0. The molecule has 10 heteroatoms. The predicted octanol–water partition coefficient (Wildman–Crippen LogP) is 3.15. The molecule has 2 heterocycles. The summed E-state index contributed by atoms with van der Waals surface area (Å²) < 4.78 is 28.8. The first-order valence-corrected chi connectivity index (χ1v) is 11.0. The highest BCUT2D eigenvalue weighted by molar-refractivity contribution is 5.90. The second-order valence-corrected chi connectivity index (χ2v) is 9.37. The molecule has 0 spiro atoms. The fourth-order valence-corrected chi connectivity index (χ4v) is 5.82. The molecule has 0 radical (unpaired) electrons. The van der Waals surface area contributed by atoms with Crippen molar-refractivity contribution in [1.29, 1.82) is 0 Å². The van der Waals surface area contributed by atoms with Crippen molar-refractivity contribution in [3.63, 3.8) is 0 Å². The molecule has 33 heavy (non-hydrogen) atoms. The summed E-state index contributed by atoms with van der Waals surface area (Å²) in [6.45, 7) is 6.94. The fraction of sp³-hybridized carbons (Fsp3) is 0.435. The Bertz CT molecular complexity index is 1300. The van der Waals surface area contributed by atoms with Crippen LogP contribution in [0.25, 0.3) is 11.3 Å². The number of halogens is 2. The van der Waals surface area contributed by atoms with Gasteiger partial charge in [0.05, 0.1) is 17.0 Å². The predicted molar refractivity (Wildman–Crippen MR) is 116 cm³/mol. The molecule has 5 rings (SSSR count). The third-order valence-electron chi connectivity index (χ3n) is 7.67. The Morgan fingerprint density at radius 3 is 2.61 bits per heavy atom. The molecule has 0 saturated heterocycles. The van der Waals surface area contributed by atoms with Crippen molar-refractivity contribution in [3.8, 4) is 11.3 Å². The molecule has 1 aromatic carbocycles. The van der Waals surface area contributed by atoms with Crippen LogP contribution in [-0.4, -0.2) is 49.3 Å². The Kier molecular flexibility index (Phi) is 4.73. The van der Waals surface area contributed by atoms with Gasteiger partial charge in [0, 0.05) is 18.5 Å². The van der Waals surface area contributed by atoms with Crippen molar-refractivity contribution in [3.05, 3.63) is 63.5 Å². The van der Waals surface area contributed by atoms with Gasteiger partial charge >= 0.3 is 5.69 Å². The van der Waals surface area contributed by atoms with Crippen LogP contribution in [0.15, 0.2) is 29.1 Å². The number of nitrogens with one attached hydrogen (secondary N) is 2. The third-order valence-corrected chi connectivity index (χ3v) is 7.67. The minimum Gasteiger partial charge on any atom is -0.335 e. The smallest absolute Gasteiger partial charge is 0.335 e. The van der Waals surface area contributed by atoms with Gasteiger partial charge in [-0.2, -0.15) is 10.2 Å². The number of rotatable bonds is 5. The highest BCUT2D eigenvalue weighted by atomic mass is 19.1. The van der Waals surface area contributed by atoms with Crippen molar-refractivity contribution in [2.24, 2.45) is 5.41 Å². The second kappa shape index (κ2) is 7.29. The number of amides is 1. The van der Waals surface area contributed by atoms with Gasteiger partial charge in [0.15, 0.2) is 0 Å². The van der Waals surface area contributed by atoms with E-state index in [4.69, 9.17) is 0 Å². The van der Waals surface area contributed by atoms with Gasteiger partial charge in [0.2, 0.25) is 5.82 Å². The van der Waals surface area contributed by atoms with Crippen molar-refractivity contribution in [1.82, 2.24) is 30.3 Å². The van der Waals surface area contributed by atoms with Crippen molar-refractivity contribution < 1.29 is 13.6 Å². The Balaban J connectivity index is 1.57.